The van der Waals surface area contributed by atoms with Gasteiger partial charge in [-0.2, -0.15) is 0 Å². The molecule has 0 radical (unpaired) electrons. The molecule has 21 heavy (non-hydrogen) atoms. The molecule has 1 aromatic heterocycles. The van der Waals surface area contributed by atoms with Gasteiger partial charge < -0.3 is 9.88 Å². The molecule has 1 N–H and O–H groups in total. The molecule has 0 spiro atoms. The number of aromatic amines is 1. The number of hydrogen-bond acceptors (Lipinski definition) is 3. The predicted octanol–water partition coefficient (Wildman–Crippen LogP) is 1.65. The minimum atomic E-state index is -0.354. The van der Waals surface area contributed by atoms with E-state index < -0.39 is 0 Å². The maximum Gasteiger partial charge on any atom is 0.272 e. The number of likely N-dealkylation sites (tertiary alicyclic amines) is 1. The summed E-state index contributed by atoms with van der Waals surface area (Å²) in [7, 11) is 0. The average molecular weight is 283 g/mol. The lowest BCUT2D eigenvalue weighted by molar-refractivity contribution is 0.0780. The number of rotatable bonds is 2. The Labute approximate surface area is 122 Å². The third kappa shape index (κ3) is 2.72. The number of hydrogen-bond donors (Lipinski definition) is 1. The van der Waals surface area contributed by atoms with Crippen LogP contribution in [0.1, 0.15) is 28.9 Å². The standard InChI is InChI=1S/C16H17N3O2/c1-11-9-19(10-13(11)12-5-3-2-4-6-12)16(21)14-7-17-8-15(20)18-14/h2-8,11,13H,9-10H2,1H3,(H,18,20). The fourth-order valence-corrected chi connectivity index (χ4v) is 2.92. The number of carbonyl (C=O) groups excluding carboxylic acids is 1. The Morgan fingerprint density at radius 2 is 2.00 bits per heavy atom. The number of nitrogens with zero attached hydrogens (tertiary/aromatic N) is 2. The van der Waals surface area contributed by atoms with Crippen LogP contribution < -0.4 is 5.56 Å². The van der Waals surface area contributed by atoms with Crippen LogP contribution in [0, 0.1) is 5.92 Å². The van der Waals surface area contributed by atoms with Crippen molar-refractivity contribution in [2.24, 2.45) is 5.92 Å². The monoisotopic (exact) mass is 283 g/mol. The lowest BCUT2D eigenvalue weighted by Crippen LogP contribution is -2.31. The average Bonchev–Trinajstić information content (AvgIpc) is 2.89. The molecule has 1 amide bonds. The molecule has 0 bridgehead atoms. The molecule has 1 aliphatic heterocycles. The van der Waals surface area contributed by atoms with Crippen molar-refractivity contribution in [3.05, 3.63) is 64.3 Å². The zero-order chi connectivity index (χ0) is 14.8. The maximum atomic E-state index is 12.4. The quantitative estimate of drug-likeness (QED) is 0.911. The Hall–Kier alpha value is -2.43. The lowest BCUT2D eigenvalue weighted by Gasteiger charge is -2.16. The molecule has 1 fully saturated rings. The summed E-state index contributed by atoms with van der Waals surface area (Å²) in [5.74, 6) is 0.559. The fraction of sp³-hybridized carbons (Fsp3) is 0.312. The molecule has 5 nitrogen and oxygen atoms in total. The largest absolute Gasteiger partial charge is 0.336 e. The molecular formula is C16H17N3O2. The first-order valence-electron chi connectivity index (χ1n) is 7.03. The highest BCUT2D eigenvalue weighted by Crippen LogP contribution is 2.32. The number of amides is 1. The first kappa shape index (κ1) is 13.5. The minimum absolute atomic E-state index is 0.162. The smallest absolute Gasteiger partial charge is 0.272 e. The van der Waals surface area contributed by atoms with Crippen molar-refractivity contribution in [2.45, 2.75) is 12.8 Å². The Morgan fingerprint density at radius 3 is 2.71 bits per heavy atom. The third-order valence-electron chi connectivity index (χ3n) is 4.01. The zero-order valence-corrected chi connectivity index (χ0v) is 11.8. The van der Waals surface area contributed by atoms with Crippen molar-refractivity contribution in [1.82, 2.24) is 14.9 Å². The summed E-state index contributed by atoms with van der Waals surface area (Å²) in [6.07, 6.45) is 2.57. The molecule has 2 atom stereocenters. The van der Waals surface area contributed by atoms with Gasteiger partial charge in [0, 0.05) is 19.0 Å². The molecule has 0 aliphatic carbocycles. The van der Waals surface area contributed by atoms with Crippen LogP contribution in [0.15, 0.2) is 47.5 Å². The first-order valence-corrected chi connectivity index (χ1v) is 7.03. The van der Waals surface area contributed by atoms with Crippen LogP contribution >= 0.6 is 0 Å². The van der Waals surface area contributed by atoms with Crippen LogP contribution in [0.3, 0.4) is 0 Å². The van der Waals surface area contributed by atoms with Crippen molar-refractivity contribution >= 4 is 5.91 Å². The highest BCUT2D eigenvalue weighted by molar-refractivity contribution is 5.92. The van der Waals surface area contributed by atoms with Crippen LogP contribution in [0.2, 0.25) is 0 Å². The van der Waals surface area contributed by atoms with Gasteiger partial charge in [-0.3, -0.25) is 14.6 Å². The second-order valence-electron chi connectivity index (χ2n) is 5.51. The van der Waals surface area contributed by atoms with Crippen LogP contribution in [0.4, 0.5) is 0 Å². The zero-order valence-electron chi connectivity index (χ0n) is 11.8. The Morgan fingerprint density at radius 1 is 1.24 bits per heavy atom. The number of carbonyl (C=O) groups is 1. The van der Waals surface area contributed by atoms with Crippen molar-refractivity contribution in [3.8, 4) is 0 Å². The van der Waals surface area contributed by atoms with Gasteiger partial charge >= 0.3 is 0 Å². The van der Waals surface area contributed by atoms with Crippen molar-refractivity contribution < 1.29 is 4.79 Å². The molecule has 108 valence electrons. The Kier molecular flexibility index (Phi) is 3.56. The summed E-state index contributed by atoms with van der Waals surface area (Å²) in [4.78, 5) is 31.8. The summed E-state index contributed by atoms with van der Waals surface area (Å²) in [6, 6.07) is 10.2. The number of H-pyrrole nitrogens is 1. The van der Waals surface area contributed by atoms with Gasteiger partial charge in [-0.15, -0.1) is 0 Å². The molecule has 2 heterocycles. The molecule has 3 rings (SSSR count). The van der Waals surface area contributed by atoms with Gasteiger partial charge in [-0.25, -0.2) is 0 Å². The number of benzene rings is 1. The molecule has 2 unspecified atom stereocenters. The van der Waals surface area contributed by atoms with Crippen molar-refractivity contribution in [3.63, 3.8) is 0 Å². The predicted molar refractivity (Wildman–Crippen MR) is 79.1 cm³/mol. The fourth-order valence-electron chi connectivity index (χ4n) is 2.92. The van der Waals surface area contributed by atoms with Gasteiger partial charge in [-0.05, 0) is 11.5 Å². The summed E-state index contributed by atoms with van der Waals surface area (Å²) in [5.41, 5.74) is 1.15. The molecule has 1 saturated heterocycles. The maximum absolute atomic E-state index is 12.4. The molecule has 5 heteroatoms. The van der Waals surface area contributed by atoms with E-state index in [1.807, 2.05) is 18.2 Å². The highest BCUT2D eigenvalue weighted by atomic mass is 16.2. The Bertz CT molecular complexity index is 696. The van der Waals surface area contributed by atoms with E-state index in [0.29, 0.717) is 24.9 Å². The van der Waals surface area contributed by atoms with E-state index >= 15 is 0 Å². The van der Waals surface area contributed by atoms with Gasteiger partial charge in [-0.1, -0.05) is 37.3 Å². The summed E-state index contributed by atoms with van der Waals surface area (Å²) in [5, 5.41) is 0. The summed E-state index contributed by atoms with van der Waals surface area (Å²) >= 11 is 0. The molecule has 0 saturated carbocycles. The van der Waals surface area contributed by atoms with Gasteiger partial charge in [0.15, 0.2) is 0 Å². The Balaban J connectivity index is 1.80. The number of aromatic nitrogens is 2. The van der Waals surface area contributed by atoms with Crippen LogP contribution in [0.5, 0.6) is 0 Å². The minimum Gasteiger partial charge on any atom is -0.336 e. The van der Waals surface area contributed by atoms with E-state index in [0.717, 1.165) is 6.20 Å². The third-order valence-corrected chi connectivity index (χ3v) is 4.01. The second kappa shape index (κ2) is 5.52. The van der Waals surface area contributed by atoms with Crippen molar-refractivity contribution in [1.29, 1.82) is 0 Å². The summed E-state index contributed by atoms with van der Waals surface area (Å²) < 4.78 is 0. The van der Waals surface area contributed by atoms with E-state index in [-0.39, 0.29) is 17.2 Å². The molecule has 2 aromatic rings. The van der Waals surface area contributed by atoms with Crippen LogP contribution in [-0.2, 0) is 0 Å². The molecule has 1 aromatic carbocycles. The van der Waals surface area contributed by atoms with E-state index in [1.165, 1.54) is 11.8 Å². The van der Waals surface area contributed by atoms with Crippen molar-refractivity contribution in [2.75, 3.05) is 13.1 Å². The lowest BCUT2D eigenvalue weighted by atomic mass is 9.90. The van der Waals surface area contributed by atoms with Gasteiger partial charge in [0.05, 0.1) is 12.4 Å². The van der Waals surface area contributed by atoms with Gasteiger partial charge in [0.2, 0.25) is 0 Å². The molecular weight excluding hydrogens is 266 g/mol. The second-order valence-corrected chi connectivity index (χ2v) is 5.51. The number of nitrogens with one attached hydrogen (secondary N) is 1. The molecule has 1 aliphatic rings. The van der Waals surface area contributed by atoms with E-state index in [4.69, 9.17) is 0 Å². The van der Waals surface area contributed by atoms with E-state index in [1.54, 1.807) is 4.90 Å². The normalized spacial score (nSPS) is 21.5. The van der Waals surface area contributed by atoms with Crippen LogP contribution in [0.25, 0.3) is 0 Å². The topological polar surface area (TPSA) is 66.1 Å². The van der Waals surface area contributed by atoms with E-state index in [9.17, 15) is 9.59 Å². The highest BCUT2D eigenvalue weighted by Gasteiger charge is 2.33. The van der Waals surface area contributed by atoms with E-state index in [2.05, 4.69) is 29.0 Å². The van der Waals surface area contributed by atoms with Gasteiger partial charge in [0.1, 0.15) is 5.69 Å². The van der Waals surface area contributed by atoms with Gasteiger partial charge in [0.25, 0.3) is 11.5 Å². The summed E-state index contributed by atoms with van der Waals surface area (Å²) in [6.45, 7) is 3.51. The first-order chi connectivity index (χ1) is 10.1. The van der Waals surface area contributed by atoms with Crippen LogP contribution in [-0.4, -0.2) is 33.9 Å². The SMILES string of the molecule is CC1CN(C(=O)c2cncc(=O)[nH]2)CC1c1ccccc1.